The fourth-order valence-corrected chi connectivity index (χ4v) is 4.77. The first-order valence-electron chi connectivity index (χ1n) is 10.5. The summed E-state index contributed by atoms with van der Waals surface area (Å²) in [5.74, 6) is 0. The SMILES string of the molecule is Cc1cc2oc(=O)cc(C[NH2+]C[C@H](c3ccccc3Cl)[NH+]3CCCC3)c2cc1C. The topological polar surface area (TPSA) is 51.3 Å². The number of likely N-dealkylation sites (tertiary alicyclic amines) is 1. The molecule has 0 aliphatic carbocycles. The number of aryl methyl sites for hydroxylation is 2. The molecule has 4 rings (SSSR count). The lowest BCUT2D eigenvalue weighted by atomic mass is 10.0. The van der Waals surface area contributed by atoms with E-state index in [9.17, 15) is 4.79 Å². The number of halogens is 1. The fraction of sp³-hybridized carbons (Fsp3) is 0.375. The molecule has 1 aliphatic rings. The van der Waals surface area contributed by atoms with Crippen LogP contribution in [0.5, 0.6) is 0 Å². The molecule has 0 saturated carbocycles. The quantitative estimate of drug-likeness (QED) is 0.611. The standard InChI is InChI=1S/C24H27ClN2O2/c1-16-11-20-18(13-24(28)29-23(20)12-17(16)2)14-26-15-22(27-9-5-6-10-27)19-7-3-4-8-21(19)25/h3-4,7-8,11-13,22,26H,5-6,9-10,14-15H2,1-2H3/p+2/t22-/m1/s1. The molecule has 0 spiro atoms. The molecule has 1 fully saturated rings. The van der Waals surface area contributed by atoms with Crippen LogP contribution in [-0.2, 0) is 6.54 Å². The van der Waals surface area contributed by atoms with E-state index in [0.717, 1.165) is 34.6 Å². The first kappa shape index (κ1) is 20.1. The van der Waals surface area contributed by atoms with Gasteiger partial charge in [0.15, 0.2) is 6.04 Å². The average Bonchev–Trinajstić information content (AvgIpc) is 3.22. The van der Waals surface area contributed by atoms with E-state index in [0.29, 0.717) is 11.6 Å². The molecular formula is C24H29ClN2O2+2. The Balaban J connectivity index is 1.57. The first-order chi connectivity index (χ1) is 14.0. The van der Waals surface area contributed by atoms with Crippen LogP contribution in [0.15, 0.2) is 51.7 Å². The second-order valence-corrected chi connectivity index (χ2v) is 8.60. The van der Waals surface area contributed by atoms with E-state index in [1.807, 2.05) is 25.1 Å². The van der Waals surface area contributed by atoms with Crippen molar-refractivity contribution in [3.8, 4) is 0 Å². The predicted molar refractivity (Wildman–Crippen MR) is 117 cm³/mol. The van der Waals surface area contributed by atoms with Crippen LogP contribution in [0.3, 0.4) is 0 Å². The highest BCUT2D eigenvalue weighted by Gasteiger charge is 2.30. The zero-order valence-electron chi connectivity index (χ0n) is 17.1. The summed E-state index contributed by atoms with van der Waals surface area (Å²) in [6.07, 6.45) is 2.55. The Morgan fingerprint density at radius 1 is 1.10 bits per heavy atom. The first-order valence-corrected chi connectivity index (χ1v) is 10.9. The minimum Gasteiger partial charge on any atom is -0.423 e. The van der Waals surface area contributed by atoms with Gasteiger partial charge in [-0.05, 0) is 43.2 Å². The normalized spacial score (nSPS) is 15.8. The van der Waals surface area contributed by atoms with Gasteiger partial charge in [-0.25, -0.2) is 4.79 Å². The van der Waals surface area contributed by atoms with E-state index in [1.54, 1.807) is 11.0 Å². The number of nitrogens with two attached hydrogens (primary N) is 1. The summed E-state index contributed by atoms with van der Waals surface area (Å²) in [4.78, 5) is 13.7. The summed E-state index contributed by atoms with van der Waals surface area (Å²) in [6, 6.07) is 14.3. The Labute approximate surface area is 176 Å². The highest BCUT2D eigenvalue weighted by Crippen LogP contribution is 2.22. The van der Waals surface area contributed by atoms with Crippen LogP contribution in [0, 0.1) is 13.8 Å². The summed E-state index contributed by atoms with van der Waals surface area (Å²) < 4.78 is 5.44. The highest BCUT2D eigenvalue weighted by molar-refractivity contribution is 6.31. The maximum absolute atomic E-state index is 12.1. The Bertz CT molecular complexity index is 1070. The van der Waals surface area contributed by atoms with Gasteiger partial charge in [0.1, 0.15) is 18.7 Å². The number of nitrogens with one attached hydrogen (secondary N) is 1. The van der Waals surface area contributed by atoms with E-state index in [-0.39, 0.29) is 5.63 Å². The average molecular weight is 413 g/mol. The van der Waals surface area contributed by atoms with Crippen molar-refractivity contribution >= 4 is 22.6 Å². The molecule has 5 heteroatoms. The fourth-order valence-electron chi connectivity index (χ4n) is 4.51. The van der Waals surface area contributed by atoms with Crippen molar-refractivity contribution in [1.29, 1.82) is 0 Å². The number of fused-ring (bicyclic) bond motifs is 1. The van der Waals surface area contributed by atoms with Crippen molar-refractivity contribution < 1.29 is 14.6 Å². The molecule has 0 bridgehead atoms. The third-order valence-electron chi connectivity index (χ3n) is 6.23. The predicted octanol–water partition coefficient (Wildman–Crippen LogP) is 2.55. The third-order valence-corrected chi connectivity index (χ3v) is 6.57. The van der Waals surface area contributed by atoms with Gasteiger partial charge in [-0.2, -0.15) is 0 Å². The molecule has 1 saturated heterocycles. The molecule has 1 atom stereocenters. The summed E-state index contributed by atoms with van der Waals surface area (Å²) in [6.45, 7) is 8.21. The van der Waals surface area contributed by atoms with Crippen molar-refractivity contribution in [2.24, 2.45) is 0 Å². The lowest BCUT2D eigenvalue weighted by Crippen LogP contribution is -3.13. The molecule has 3 aromatic rings. The van der Waals surface area contributed by atoms with Gasteiger partial charge in [0.25, 0.3) is 0 Å². The molecule has 29 heavy (non-hydrogen) atoms. The molecule has 1 aliphatic heterocycles. The smallest absolute Gasteiger partial charge is 0.336 e. The van der Waals surface area contributed by atoms with E-state index in [4.69, 9.17) is 16.0 Å². The maximum Gasteiger partial charge on any atom is 0.336 e. The zero-order chi connectivity index (χ0) is 20.4. The largest absolute Gasteiger partial charge is 0.423 e. The Kier molecular flexibility index (Phi) is 6.04. The summed E-state index contributed by atoms with van der Waals surface area (Å²) >= 11 is 6.54. The highest BCUT2D eigenvalue weighted by atomic mass is 35.5. The molecule has 0 amide bonds. The monoisotopic (exact) mass is 412 g/mol. The van der Waals surface area contributed by atoms with E-state index >= 15 is 0 Å². The maximum atomic E-state index is 12.1. The minimum absolute atomic E-state index is 0.281. The molecule has 0 radical (unpaired) electrons. The van der Waals surface area contributed by atoms with Gasteiger partial charge in [-0.1, -0.05) is 29.8 Å². The van der Waals surface area contributed by atoms with Crippen LogP contribution in [0.4, 0.5) is 0 Å². The lowest BCUT2D eigenvalue weighted by molar-refractivity contribution is -0.935. The third kappa shape index (κ3) is 4.40. The van der Waals surface area contributed by atoms with Crippen LogP contribution in [0.25, 0.3) is 11.0 Å². The van der Waals surface area contributed by atoms with Gasteiger partial charge in [0, 0.05) is 40.4 Å². The van der Waals surface area contributed by atoms with E-state index < -0.39 is 0 Å². The summed E-state index contributed by atoms with van der Waals surface area (Å²) in [7, 11) is 0. The molecule has 152 valence electrons. The van der Waals surface area contributed by atoms with Crippen LogP contribution in [-0.4, -0.2) is 19.6 Å². The molecule has 2 aromatic carbocycles. The Morgan fingerprint density at radius 2 is 1.83 bits per heavy atom. The van der Waals surface area contributed by atoms with Crippen molar-refractivity contribution in [3.05, 3.63) is 80.2 Å². The number of benzene rings is 2. The van der Waals surface area contributed by atoms with Gasteiger partial charge >= 0.3 is 5.63 Å². The van der Waals surface area contributed by atoms with Gasteiger partial charge in [0.05, 0.1) is 13.1 Å². The summed E-state index contributed by atoms with van der Waals surface area (Å²) in [5, 5.41) is 4.19. The van der Waals surface area contributed by atoms with Crippen LogP contribution in [0.1, 0.15) is 41.1 Å². The van der Waals surface area contributed by atoms with Crippen LogP contribution in [0.2, 0.25) is 5.02 Å². The second-order valence-electron chi connectivity index (χ2n) is 8.19. The Hall–Kier alpha value is -2.14. The number of rotatable bonds is 6. The molecule has 0 unspecified atom stereocenters. The Morgan fingerprint density at radius 3 is 2.59 bits per heavy atom. The number of quaternary nitrogens is 2. The lowest BCUT2D eigenvalue weighted by Gasteiger charge is -2.24. The van der Waals surface area contributed by atoms with E-state index in [2.05, 4.69) is 30.4 Å². The van der Waals surface area contributed by atoms with Gasteiger partial charge in [-0.15, -0.1) is 0 Å². The molecular weight excluding hydrogens is 384 g/mol. The number of hydrogen-bond acceptors (Lipinski definition) is 2. The molecule has 1 aromatic heterocycles. The van der Waals surface area contributed by atoms with Crippen molar-refractivity contribution in [1.82, 2.24) is 0 Å². The molecule has 3 N–H and O–H groups in total. The molecule has 4 nitrogen and oxygen atoms in total. The number of hydrogen-bond donors (Lipinski definition) is 2. The van der Waals surface area contributed by atoms with Crippen LogP contribution < -0.4 is 15.8 Å². The van der Waals surface area contributed by atoms with Crippen molar-refractivity contribution in [2.45, 2.75) is 39.3 Å². The minimum atomic E-state index is -0.281. The van der Waals surface area contributed by atoms with Crippen LogP contribution >= 0.6 is 11.6 Å². The summed E-state index contributed by atoms with van der Waals surface area (Å²) in [5.41, 5.74) is 5.01. The van der Waals surface area contributed by atoms with Crippen molar-refractivity contribution in [2.75, 3.05) is 19.6 Å². The van der Waals surface area contributed by atoms with Gasteiger partial charge in [0.2, 0.25) is 0 Å². The molecule has 2 heterocycles. The van der Waals surface area contributed by atoms with E-state index in [1.165, 1.54) is 37.1 Å². The van der Waals surface area contributed by atoms with Crippen molar-refractivity contribution in [3.63, 3.8) is 0 Å². The van der Waals surface area contributed by atoms with Gasteiger partial charge < -0.3 is 14.6 Å². The zero-order valence-corrected chi connectivity index (χ0v) is 17.9. The second kappa shape index (κ2) is 8.70. The van der Waals surface area contributed by atoms with Gasteiger partial charge in [-0.3, -0.25) is 0 Å².